The third-order valence-corrected chi connectivity index (χ3v) is 3.12. The minimum Gasteiger partial charge on any atom is -0.497 e. The number of hydrogen-bond donors (Lipinski definition) is 1. The summed E-state index contributed by atoms with van der Waals surface area (Å²) in [6.07, 6.45) is 0. The maximum Gasteiger partial charge on any atom is 0.335 e. The van der Waals surface area contributed by atoms with Crippen molar-refractivity contribution in [2.45, 2.75) is 6.54 Å². The molecule has 0 saturated heterocycles. The Morgan fingerprint density at radius 2 is 2.05 bits per heavy atom. The summed E-state index contributed by atoms with van der Waals surface area (Å²) >= 11 is 0. The fourth-order valence-corrected chi connectivity index (χ4v) is 2.08. The van der Waals surface area contributed by atoms with Gasteiger partial charge < -0.3 is 14.7 Å². The zero-order chi connectivity index (χ0) is 15.4. The molecule has 5 heteroatoms. The Morgan fingerprint density at radius 1 is 1.29 bits per heavy atom. The van der Waals surface area contributed by atoms with Crippen LogP contribution in [-0.2, 0) is 6.54 Å². The first-order chi connectivity index (χ1) is 9.99. The summed E-state index contributed by atoms with van der Waals surface area (Å²) in [7, 11) is 3.44. The number of hydrogen-bond acceptors (Lipinski definition) is 3. The van der Waals surface area contributed by atoms with Crippen LogP contribution in [0.1, 0.15) is 15.9 Å². The number of nitrogens with zero attached hydrogens (tertiary/aromatic N) is 1. The summed E-state index contributed by atoms with van der Waals surface area (Å²) in [6.45, 7) is 0.394. The van der Waals surface area contributed by atoms with E-state index in [1.165, 1.54) is 12.1 Å². The van der Waals surface area contributed by atoms with E-state index < -0.39 is 11.8 Å². The molecule has 0 fully saturated rings. The molecular weight excluding hydrogens is 273 g/mol. The highest BCUT2D eigenvalue weighted by molar-refractivity contribution is 5.87. The van der Waals surface area contributed by atoms with Crippen LogP contribution in [0.2, 0.25) is 0 Å². The van der Waals surface area contributed by atoms with Crippen LogP contribution in [0.5, 0.6) is 5.75 Å². The van der Waals surface area contributed by atoms with Gasteiger partial charge in [0.2, 0.25) is 0 Å². The quantitative estimate of drug-likeness (QED) is 0.918. The lowest BCUT2D eigenvalue weighted by Gasteiger charge is -2.20. The van der Waals surface area contributed by atoms with E-state index in [0.717, 1.165) is 17.5 Å². The maximum absolute atomic E-state index is 13.5. The van der Waals surface area contributed by atoms with Gasteiger partial charge in [-0.05, 0) is 35.9 Å². The molecular formula is C16H16FNO3. The van der Waals surface area contributed by atoms with E-state index in [1.807, 2.05) is 36.2 Å². The molecule has 2 aromatic rings. The van der Waals surface area contributed by atoms with Crippen LogP contribution in [0.3, 0.4) is 0 Å². The summed E-state index contributed by atoms with van der Waals surface area (Å²) in [5.41, 5.74) is 1.44. The van der Waals surface area contributed by atoms with Gasteiger partial charge >= 0.3 is 5.97 Å². The molecule has 0 radical (unpaired) electrons. The van der Waals surface area contributed by atoms with E-state index in [0.29, 0.717) is 12.1 Å². The first-order valence-electron chi connectivity index (χ1n) is 6.37. The minimum absolute atomic E-state index is 0.0518. The smallest absolute Gasteiger partial charge is 0.335 e. The monoisotopic (exact) mass is 289 g/mol. The maximum atomic E-state index is 13.5. The average Bonchev–Trinajstić information content (AvgIpc) is 2.46. The van der Waals surface area contributed by atoms with Crippen molar-refractivity contribution in [2.75, 3.05) is 19.1 Å². The van der Waals surface area contributed by atoms with E-state index in [2.05, 4.69) is 0 Å². The molecule has 0 bridgehead atoms. The van der Waals surface area contributed by atoms with Crippen LogP contribution in [-0.4, -0.2) is 25.2 Å². The topological polar surface area (TPSA) is 49.8 Å². The standard InChI is InChI=1S/C16H16FNO3/c1-18(14-4-3-5-15(9-14)21-2)10-11-6-12(16(19)20)8-13(17)7-11/h3-9H,10H2,1-2H3,(H,19,20). The predicted molar refractivity (Wildman–Crippen MR) is 78.5 cm³/mol. The molecule has 0 aliphatic rings. The number of halogens is 1. The van der Waals surface area contributed by atoms with Gasteiger partial charge in [-0.1, -0.05) is 6.07 Å². The molecule has 0 atom stereocenters. The molecule has 1 N–H and O–H groups in total. The number of rotatable bonds is 5. The summed E-state index contributed by atoms with van der Waals surface area (Å²) in [5, 5.41) is 8.96. The number of carboxylic acids is 1. The number of aromatic carboxylic acids is 1. The molecule has 0 saturated carbocycles. The van der Waals surface area contributed by atoms with Crippen molar-refractivity contribution in [3.63, 3.8) is 0 Å². The summed E-state index contributed by atoms with van der Waals surface area (Å²) in [4.78, 5) is 12.8. The minimum atomic E-state index is -1.14. The van der Waals surface area contributed by atoms with Gasteiger partial charge in [-0.2, -0.15) is 0 Å². The van der Waals surface area contributed by atoms with Crippen molar-refractivity contribution in [3.05, 3.63) is 59.4 Å². The second-order valence-electron chi connectivity index (χ2n) is 4.71. The SMILES string of the molecule is COc1cccc(N(C)Cc2cc(F)cc(C(=O)O)c2)c1. The lowest BCUT2D eigenvalue weighted by molar-refractivity contribution is 0.0696. The Balaban J connectivity index is 2.22. The highest BCUT2D eigenvalue weighted by Gasteiger charge is 2.09. The van der Waals surface area contributed by atoms with E-state index in [9.17, 15) is 9.18 Å². The lowest BCUT2D eigenvalue weighted by atomic mass is 10.1. The van der Waals surface area contributed by atoms with Crippen molar-refractivity contribution in [3.8, 4) is 5.75 Å². The predicted octanol–water partition coefficient (Wildman–Crippen LogP) is 3.17. The average molecular weight is 289 g/mol. The Labute approximate surface area is 122 Å². The molecule has 0 aliphatic heterocycles. The van der Waals surface area contributed by atoms with Crippen LogP contribution >= 0.6 is 0 Å². The molecule has 0 spiro atoms. The molecule has 0 aromatic heterocycles. The summed E-state index contributed by atoms with van der Waals surface area (Å²) < 4.78 is 18.6. The molecule has 0 unspecified atom stereocenters. The first kappa shape index (κ1) is 14.8. The molecule has 21 heavy (non-hydrogen) atoms. The zero-order valence-electron chi connectivity index (χ0n) is 11.8. The van der Waals surface area contributed by atoms with Crippen LogP contribution in [0, 0.1) is 5.82 Å². The number of anilines is 1. The van der Waals surface area contributed by atoms with Crippen LogP contribution < -0.4 is 9.64 Å². The molecule has 110 valence electrons. The first-order valence-corrected chi connectivity index (χ1v) is 6.37. The lowest BCUT2D eigenvalue weighted by Crippen LogP contribution is -2.17. The van der Waals surface area contributed by atoms with Gasteiger partial charge in [-0.15, -0.1) is 0 Å². The van der Waals surface area contributed by atoms with Crippen molar-refractivity contribution in [1.82, 2.24) is 0 Å². The van der Waals surface area contributed by atoms with Gasteiger partial charge in [0.25, 0.3) is 0 Å². The van der Waals surface area contributed by atoms with Crippen LogP contribution in [0.15, 0.2) is 42.5 Å². The van der Waals surface area contributed by atoms with Crippen LogP contribution in [0.25, 0.3) is 0 Å². The van der Waals surface area contributed by atoms with Gasteiger partial charge in [0, 0.05) is 25.3 Å². The number of carboxylic acid groups (broad SMARTS) is 1. The third kappa shape index (κ3) is 3.72. The number of methoxy groups -OCH3 is 1. The second-order valence-corrected chi connectivity index (χ2v) is 4.71. The largest absolute Gasteiger partial charge is 0.497 e. The Morgan fingerprint density at radius 3 is 2.71 bits per heavy atom. The van der Waals surface area contributed by atoms with E-state index in [4.69, 9.17) is 9.84 Å². The molecule has 2 aromatic carbocycles. The highest BCUT2D eigenvalue weighted by Crippen LogP contribution is 2.22. The normalized spacial score (nSPS) is 10.2. The third-order valence-electron chi connectivity index (χ3n) is 3.12. The number of carbonyl (C=O) groups is 1. The highest BCUT2D eigenvalue weighted by atomic mass is 19.1. The van der Waals surface area contributed by atoms with Crippen LogP contribution in [0.4, 0.5) is 10.1 Å². The molecule has 0 aliphatic carbocycles. The molecule has 2 rings (SSSR count). The Hall–Kier alpha value is -2.56. The summed E-state index contributed by atoms with van der Waals surface area (Å²) in [6, 6.07) is 11.3. The molecule has 0 amide bonds. The van der Waals surface area contributed by atoms with Gasteiger partial charge in [-0.25, -0.2) is 9.18 Å². The van der Waals surface area contributed by atoms with E-state index in [-0.39, 0.29) is 5.56 Å². The Bertz CT molecular complexity index is 658. The fraction of sp³-hybridized carbons (Fsp3) is 0.188. The van der Waals surface area contributed by atoms with Crippen molar-refractivity contribution < 1.29 is 19.0 Å². The second kappa shape index (κ2) is 6.26. The van der Waals surface area contributed by atoms with E-state index >= 15 is 0 Å². The van der Waals surface area contributed by atoms with Crippen molar-refractivity contribution >= 4 is 11.7 Å². The van der Waals surface area contributed by atoms with Gasteiger partial charge in [0.05, 0.1) is 12.7 Å². The van der Waals surface area contributed by atoms with Gasteiger partial charge in [0.1, 0.15) is 11.6 Å². The Kier molecular flexibility index (Phi) is 4.42. The molecule has 0 heterocycles. The zero-order valence-corrected chi connectivity index (χ0v) is 11.8. The fourth-order valence-electron chi connectivity index (χ4n) is 2.08. The van der Waals surface area contributed by atoms with Crippen molar-refractivity contribution in [1.29, 1.82) is 0 Å². The van der Waals surface area contributed by atoms with Gasteiger partial charge in [0.15, 0.2) is 0 Å². The van der Waals surface area contributed by atoms with Crippen molar-refractivity contribution in [2.24, 2.45) is 0 Å². The number of ether oxygens (including phenoxy) is 1. The molecule has 4 nitrogen and oxygen atoms in total. The van der Waals surface area contributed by atoms with E-state index in [1.54, 1.807) is 7.11 Å². The number of benzene rings is 2. The van der Waals surface area contributed by atoms with Gasteiger partial charge in [-0.3, -0.25) is 0 Å². The summed E-state index contributed by atoms with van der Waals surface area (Å²) in [5.74, 6) is -0.964.